The van der Waals surface area contributed by atoms with Gasteiger partial charge in [0.05, 0.1) is 22.7 Å². The topological polar surface area (TPSA) is 85.5 Å². The van der Waals surface area contributed by atoms with Crippen molar-refractivity contribution in [2.45, 2.75) is 25.9 Å². The summed E-state index contributed by atoms with van der Waals surface area (Å²) in [6, 6.07) is 9.05. The van der Waals surface area contributed by atoms with E-state index in [9.17, 15) is 4.79 Å². The van der Waals surface area contributed by atoms with E-state index >= 15 is 0 Å². The molecule has 0 amide bonds. The molecule has 0 bridgehead atoms. The Kier molecular flexibility index (Phi) is 5.50. The number of aromatic nitrogens is 2. The molecule has 1 atom stereocenters. The van der Waals surface area contributed by atoms with Crippen LogP contribution in [0.2, 0.25) is 0 Å². The van der Waals surface area contributed by atoms with Gasteiger partial charge in [-0.25, -0.2) is 4.98 Å². The van der Waals surface area contributed by atoms with Gasteiger partial charge in [0, 0.05) is 12.0 Å². The van der Waals surface area contributed by atoms with Crippen molar-refractivity contribution in [3.8, 4) is 5.75 Å². The fourth-order valence-electron chi connectivity index (χ4n) is 2.44. The van der Waals surface area contributed by atoms with Gasteiger partial charge in [0.25, 0.3) is 0 Å². The van der Waals surface area contributed by atoms with Gasteiger partial charge in [-0.1, -0.05) is 17.3 Å². The van der Waals surface area contributed by atoms with Gasteiger partial charge >= 0.3 is 5.97 Å². The zero-order valence-corrected chi connectivity index (χ0v) is 15.7. The number of carboxylic acids is 1. The van der Waals surface area contributed by atoms with Crippen LogP contribution < -0.4 is 4.74 Å². The Balaban J connectivity index is 1.72. The van der Waals surface area contributed by atoms with E-state index in [4.69, 9.17) is 14.4 Å². The van der Waals surface area contributed by atoms with Gasteiger partial charge in [-0.15, -0.1) is 11.3 Å². The highest BCUT2D eigenvalue weighted by molar-refractivity contribution is 9.11. The lowest BCUT2D eigenvalue weighted by Gasteiger charge is -2.13. The number of hydrogen-bond donors (Lipinski definition) is 1. The highest BCUT2D eigenvalue weighted by Gasteiger charge is 2.20. The van der Waals surface area contributed by atoms with Crippen molar-refractivity contribution in [2.75, 3.05) is 0 Å². The summed E-state index contributed by atoms with van der Waals surface area (Å²) in [6.07, 6.45) is 1.39. The molecule has 0 saturated carbocycles. The maximum atomic E-state index is 11.1. The molecule has 2 aromatic heterocycles. The van der Waals surface area contributed by atoms with Crippen molar-refractivity contribution in [1.29, 1.82) is 0 Å². The van der Waals surface area contributed by atoms with Gasteiger partial charge in [-0.3, -0.25) is 4.79 Å². The van der Waals surface area contributed by atoms with Gasteiger partial charge in [0.15, 0.2) is 3.92 Å². The average molecular weight is 423 g/mol. The quantitative estimate of drug-likeness (QED) is 0.607. The Labute approximate surface area is 156 Å². The van der Waals surface area contributed by atoms with Crippen molar-refractivity contribution in [1.82, 2.24) is 10.1 Å². The molecule has 2 heterocycles. The number of aliphatic carboxylic acids is 1. The number of hydrogen-bond acceptors (Lipinski definition) is 6. The Hall–Kier alpha value is -2.19. The molecule has 0 saturated heterocycles. The maximum Gasteiger partial charge on any atom is 0.304 e. The van der Waals surface area contributed by atoms with Crippen molar-refractivity contribution >= 4 is 33.2 Å². The summed E-state index contributed by atoms with van der Waals surface area (Å²) >= 11 is 4.91. The van der Waals surface area contributed by atoms with E-state index in [1.54, 1.807) is 17.4 Å². The van der Waals surface area contributed by atoms with Gasteiger partial charge in [-0.05, 0) is 40.5 Å². The van der Waals surface area contributed by atoms with E-state index < -0.39 is 5.97 Å². The highest BCUT2D eigenvalue weighted by atomic mass is 79.9. The first kappa shape index (κ1) is 17.6. The third-order valence-electron chi connectivity index (χ3n) is 3.71. The van der Waals surface area contributed by atoms with E-state index in [1.807, 2.05) is 31.2 Å². The second-order valence-electron chi connectivity index (χ2n) is 5.41. The molecular formula is C17H15BrN2O4S. The molecule has 0 spiro atoms. The first-order chi connectivity index (χ1) is 12.0. The fraction of sp³-hybridized carbons (Fsp3) is 0.235. The average Bonchev–Trinajstić information content (AvgIpc) is 3.21. The Bertz CT molecular complexity index is 846. The first-order valence-corrected chi connectivity index (χ1v) is 9.10. The van der Waals surface area contributed by atoms with Crippen LogP contribution in [0.15, 0.2) is 45.0 Å². The molecule has 0 aliphatic rings. The monoisotopic (exact) mass is 422 g/mol. The van der Waals surface area contributed by atoms with E-state index in [0.717, 1.165) is 20.1 Å². The number of thiazole rings is 1. The van der Waals surface area contributed by atoms with E-state index in [0.29, 0.717) is 18.1 Å². The van der Waals surface area contributed by atoms with Crippen LogP contribution in [-0.4, -0.2) is 21.2 Å². The SMILES string of the molecule is Cc1nc(Br)sc1COc1ccc(C(CC(=O)O)c2ccon2)cc1. The number of ether oxygens (including phenoxy) is 1. The molecule has 3 aromatic rings. The lowest BCUT2D eigenvalue weighted by Crippen LogP contribution is -2.08. The van der Waals surface area contributed by atoms with Gasteiger partial charge in [-0.2, -0.15) is 0 Å². The summed E-state index contributed by atoms with van der Waals surface area (Å²) in [5.41, 5.74) is 2.39. The largest absolute Gasteiger partial charge is 0.488 e. The Morgan fingerprint density at radius 1 is 1.36 bits per heavy atom. The minimum Gasteiger partial charge on any atom is -0.488 e. The molecule has 130 valence electrons. The maximum absolute atomic E-state index is 11.1. The minimum absolute atomic E-state index is 0.0547. The second kappa shape index (κ2) is 7.79. The number of nitrogens with zero attached hydrogens (tertiary/aromatic N) is 2. The van der Waals surface area contributed by atoms with E-state index in [1.165, 1.54) is 6.26 Å². The molecule has 1 N–H and O–H groups in total. The molecule has 3 rings (SSSR count). The van der Waals surface area contributed by atoms with Crippen molar-refractivity contribution in [2.24, 2.45) is 0 Å². The summed E-state index contributed by atoms with van der Waals surface area (Å²) in [5.74, 6) is -0.536. The molecule has 1 unspecified atom stereocenters. The predicted octanol–water partition coefficient (Wildman–Crippen LogP) is 4.39. The molecule has 0 aliphatic carbocycles. The Morgan fingerprint density at radius 2 is 2.12 bits per heavy atom. The zero-order chi connectivity index (χ0) is 17.8. The Morgan fingerprint density at radius 3 is 2.68 bits per heavy atom. The van der Waals surface area contributed by atoms with Crippen molar-refractivity contribution in [3.05, 3.63) is 62.3 Å². The van der Waals surface area contributed by atoms with Crippen LogP contribution in [0.4, 0.5) is 0 Å². The number of halogens is 1. The molecule has 0 aliphatic heterocycles. The fourth-order valence-corrected chi connectivity index (χ4v) is 3.99. The standard InChI is InChI=1S/C17H15BrN2O4S/c1-10-15(25-17(18)19-10)9-23-12-4-2-11(3-5-12)13(8-16(21)22)14-6-7-24-20-14/h2-7,13H,8-9H2,1H3,(H,21,22). The molecule has 8 heteroatoms. The number of rotatable bonds is 7. The number of benzene rings is 1. The smallest absolute Gasteiger partial charge is 0.304 e. The summed E-state index contributed by atoms with van der Waals surface area (Å²) in [4.78, 5) is 16.5. The van der Waals surface area contributed by atoms with Crippen LogP contribution >= 0.6 is 27.3 Å². The van der Waals surface area contributed by atoms with E-state index in [2.05, 4.69) is 26.1 Å². The molecule has 1 aromatic carbocycles. The van der Waals surface area contributed by atoms with E-state index in [-0.39, 0.29) is 12.3 Å². The number of carbonyl (C=O) groups is 1. The summed E-state index contributed by atoms with van der Waals surface area (Å²) in [7, 11) is 0. The van der Waals surface area contributed by atoms with Crippen molar-refractivity contribution < 1.29 is 19.2 Å². The lowest BCUT2D eigenvalue weighted by atomic mass is 9.92. The third-order valence-corrected chi connectivity index (χ3v) is 5.29. The zero-order valence-electron chi connectivity index (χ0n) is 13.3. The molecule has 0 radical (unpaired) electrons. The summed E-state index contributed by atoms with van der Waals surface area (Å²) in [6.45, 7) is 2.38. The van der Waals surface area contributed by atoms with Crippen LogP contribution in [0.5, 0.6) is 5.75 Å². The van der Waals surface area contributed by atoms with Gasteiger partial charge in [0.2, 0.25) is 0 Å². The lowest BCUT2D eigenvalue weighted by molar-refractivity contribution is -0.137. The van der Waals surface area contributed by atoms with Crippen molar-refractivity contribution in [3.63, 3.8) is 0 Å². The van der Waals surface area contributed by atoms with Gasteiger partial charge < -0.3 is 14.4 Å². The second-order valence-corrected chi connectivity index (χ2v) is 7.77. The number of carboxylic acid groups (broad SMARTS) is 1. The minimum atomic E-state index is -0.889. The normalized spacial score (nSPS) is 12.1. The van der Waals surface area contributed by atoms with Crippen LogP contribution in [0.25, 0.3) is 0 Å². The van der Waals surface area contributed by atoms with Crippen LogP contribution in [-0.2, 0) is 11.4 Å². The predicted molar refractivity (Wildman–Crippen MR) is 95.9 cm³/mol. The first-order valence-electron chi connectivity index (χ1n) is 7.49. The van der Waals surface area contributed by atoms with Crippen LogP contribution in [0.3, 0.4) is 0 Å². The van der Waals surface area contributed by atoms with Gasteiger partial charge in [0.1, 0.15) is 18.6 Å². The summed E-state index contributed by atoms with van der Waals surface area (Å²) < 4.78 is 11.5. The number of aryl methyl sites for hydroxylation is 1. The highest BCUT2D eigenvalue weighted by Crippen LogP contribution is 2.29. The summed E-state index contributed by atoms with van der Waals surface area (Å²) in [5, 5.41) is 13.0. The molecule has 0 fully saturated rings. The van der Waals surface area contributed by atoms with Crippen LogP contribution in [0.1, 0.15) is 34.2 Å². The molecule has 25 heavy (non-hydrogen) atoms. The molecular weight excluding hydrogens is 408 g/mol. The van der Waals surface area contributed by atoms with Crippen LogP contribution in [0, 0.1) is 6.92 Å². The molecule has 6 nitrogen and oxygen atoms in total. The third kappa shape index (κ3) is 4.46.